The summed E-state index contributed by atoms with van der Waals surface area (Å²) in [6.07, 6.45) is 6.55. The van der Waals surface area contributed by atoms with Crippen LogP contribution in [-0.4, -0.2) is 29.0 Å². The third kappa shape index (κ3) is 2.96. The Kier molecular flexibility index (Phi) is 3.51. The van der Waals surface area contributed by atoms with Crippen molar-refractivity contribution in [2.45, 2.75) is 31.5 Å². The molecule has 1 aromatic heterocycles. The van der Waals surface area contributed by atoms with E-state index in [2.05, 4.69) is 40.9 Å². The van der Waals surface area contributed by atoms with Crippen LogP contribution in [0.5, 0.6) is 0 Å². The largest absolute Gasteiger partial charge is 0.381 e. The Morgan fingerprint density at radius 1 is 1.32 bits per heavy atom. The Bertz CT molecular complexity index is 517. The molecule has 0 saturated heterocycles. The average Bonchev–Trinajstić information content (AvgIpc) is 2.82. The number of hydrogen-bond acceptors (Lipinski definition) is 3. The molecule has 0 amide bonds. The molecule has 2 aromatic rings. The summed E-state index contributed by atoms with van der Waals surface area (Å²) in [7, 11) is 1.78. The summed E-state index contributed by atoms with van der Waals surface area (Å²) in [5, 5.41) is 7.87. The molecule has 1 fully saturated rings. The minimum atomic E-state index is 0.428. The molecule has 0 unspecified atom stereocenters. The van der Waals surface area contributed by atoms with Crippen molar-refractivity contribution in [3.8, 4) is 0 Å². The van der Waals surface area contributed by atoms with E-state index in [4.69, 9.17) is 4.74 Å². The Hall–Kier alpha value is -1.81. The van der Waals surface area contributed by atoms with Crippen LogP contribution in [0.3, 0.4) is 0 Å². The maximum atomic E-state index is 5.28. The van der Waals surface area contributed by atoms with Crippen LogP contribution in [0.1, 0.15) is 18.4 Å². The van der Waals surface area contributed by atoms with Crippen LogP contribution in [0.15, 0.2) is 42.7 Å². The van der Waals surface area contributed by atoms with Gasteiger partial charge in [-0.15, -0.1) is 0 Å². The molecule has 4 nitrogen and oxygen atoms in total. The molecule has 1 N–H and O–H groups in total. The van der Waals surface area contributed by atoms with Gasteiger partial charge in [0.15, 0.2) is 0 Å². The minimum absolute atomic E-state index is 0.428. The molecular formula is C15H19N3O. The highest BCUT2D eigenvalue weighted by Gasteiger charge is 2.28. The second kappa shape index (κ2) is 5.45. The van der Waals surface area contributed by atoms with Gasteiger partial charge in [-0.05, 0) is 18.4 Å². The summed E-state index contributed by atoms with van der Waals surface area (Å²) < 4.78 is 7.24. The molecule has 4 heteroatoms. The van der Waals surface area contributed by atoms with Crippen molar-refractivity contribution in [2.24, 2.45) is 0 Å². The van der Waals surface area contributed by atoms with Crippen molar-refractivity contribution < 1.29 is 4.74 Å². The number of anilines is 1. The number of nitrogens with one attached hydrogen (secondary N) is 1. The Morgan fingerprint density at radius 3 is 2.84 bits per heavy atom. The summed E-state index contributed by atoms with van der Waals surface area (Å²) in [4.78, 5) is 0. The maximum absolute atomic E-state index is 5.28. The molecule has 0 aliphatic heterocycles. The number of nitrogens with zero attached hydrogens (tertiary/aromatic N) is 2. The fourth-order valence-corrected chi connectivity index (χ4v) is 2.41. The first-order valence-corrected chi connectivity index (χ1v) is 6.69. The Morgan fingerprint density at radius 2 is 2.11 bits per heavy atom. The Balaban J connectivity index is 1.55. The third-order valence-corrected chi connectivity index (χ3v) is 3.62. The van der Waals surface area contributed by atoms with Crippen LogP contribution in [0, 0.1) is 0 Å². The van der Waals surface area contributed by atoms with E-state index >= 15 is 0 Å². The van der Waals surface area contributed by atoms with Gasteiger partial charge in [-0.3, -0.25) is 4.68 Å². The molecule has 1 heterocycles. The lowest BCUT2D eigenvalue weighted by atomic mass is 9.89. The SMILES string of the molecule is COC1CC(Nc2cnn(Cc3ccccc3)c2)C1. The molecule has 3 rings (SSSR count). The highest BCUT2D eigenvalue weighted by atomic mass is 16.5. The van der Waals surface area contributed by atoms with Gasteiger partial charge in [-0.1, -0.05) is 30.3 Å². The first-order chi connectivity index (χ1) is 9.33. The zero-order chi connectivity index (χ0) is 13.1. The smallest absolute Gasteiger partial charge is 0.0728 e. The van der Waals surface area contributed by atoms with E-state index < -0.39 is 0 Å². The predicted molar refractivity (Wildman–Crippen MR) is 75.2 cm³/mol. The van der Waals surface area contributed by atoms with Gasteiger partial charge in [0.05, 0.1) is 24.5 Å². The summed E-state index contributed by atoms with van der Waals surface area (Å²) in [5.74, 6) is 0. The normalized spacial score (nSPS) is 21.9. The zero-order valence-corrected chi connectivity index (χ0v) is 11.1. The lowest BCUT2D eigenvalue weighted by molar-refractivity contribution is 0.0329. The molecule has 1 aliphatic rings. The molecule has 1 saturated carbocycles. The Labute approximate surface area is 113 Å². The molecule has 0 bridgehead atoms. The van der Waals surface area contributed by atoms with Crippen LogP contribution in [0.2, 0.25) is 0 Å². The van der Waals surface area contributed by atoms with Crippen molar-refractivity contribution >= 4 is 5.69 Å². The van der Waals surface area contributed by atoms with Crippen LogP contribution < -0.4 is 5.32 Å². The number of hydrogen-bond donors (Lipinski definition) is 1. The number of ether oxygens (including phenoxy) is 1. The van der Waals surface area contributed by atoms with Gasteiger partial charge < -0.3 is 10.1 Å². The fourth-order valence-electron chi connectivity index (χ4n) is 2.41. The second-order valence-electron chi connectivity index (χ2n) is 5.08. The molecule has 1 aliphatic carbocycles. The van der Waals surface area contributed by atoms with E-state index in [1.807, 2.05) is 16.9 Å². The molecule has 1 aromatic carbocycles. The van der Waals surface area contributed by atoms with Crippen LogP contribution in [0.4, 0.5) is 5.69 Å². The predicted octanol–water partition coefficient (Wildman–Crippen LogP) is 2.52. The monoisotopic (exact) mass is 257 g/mol. The maximum Gasteiger partial charge on any atom is 0.0728 e. The highest BCUT2D eigenvalue weighted by molar-refractivity contribution is 5.40. The van der Waals surface area contributed by atoms with Gasteiger partial charge >= 0.3 is 0 Å². The van der Waals surface area contributed by atoms with Gasteiger partial charge in [0.1, 0.15) is 0 Å². The van der Waals surface area contributed by atoms with Crippen LogP contribution in [0.25, 0.3) is 0 Å². The lowest BCUT2D eigenvalue weighted by Crippen LogP contribution is -2.40. The number of aromatic nitrogens is 2. The standard InChI is InChI=1S/C15H19N3O/c1-19-15-7-13(8-15)17-14-9-16-18(11-14)10-12-5-3-2-4-6-12/h2-6,9,11,13,15,17H,7-8,10H2,1H3. The van der Waals surface area contributed by atoms with Crippen LogP contribution >= 0.6 is 0 Å². The van der Waals surface area contributed by atoms with Gasteiger partial charge in [-0.2, -0.15) is 5.10 Å². The van der Waals surface area contributed by atoms with Gasteiger partial charge in [0.25, 0.3) is 0 Å². The van der Waals surface area contributed by atoms with Crippen molar-refractivity contribution in [1.82, 2.24) is 9.78 Å². The van der Waals surface area contributed by atoms with Crippen LogP contribution in [-0.2, 0) is 11.3 Å². The van der Waals surface area contributed by atoms with Crippen molar-refractivity contribution in [3.63, 3.8) is 0 Å². The van der Waals surface area contributed by atoms with Gasteiger partial charge in [0.2, 0.25) is 0 Å². The summed E-state index contributed by atoms with van der Waals surface area (Å²) in [6.45, 7) is 0.813. The molecule has 100 valence electrons. The van der Waals surface area contributed by atoms with E-state index in [-0.39, 0.29) is 0 Å². The first-order valence-electron chi connectivity index (χ1n) is 6.69. The third-order valence-electron chi connectivity index (χ3n) is 3.62. The van der Waals surface area contributed by atoms with E-state index in [0.717, 1.165) is 25.1 Å². The van der Waals surface area contributed by atoms with E-state index in [1.165, 1.54) is 5.56 Å². The number of benzene rings is 1. The van der Waals surface area contributed by atoms with E-state index in [9.17, 15) is 0 Å². The van der Waals surface area contributed by atoms with Crippen molar-refractivity contribution in [2.75, 3.05) is 12.4 Å². The summed E-state index contributed by atoms with van der Waals surface area (Å²) in [5.41, 5.74) is 2.36. The quantitative estimate of drug-likeness (QED) is 0.894. The van der Waals surface area contributed by atoms with Gasteiger partial charge in [-0.25, -0.2) is 0 Å². The second-order valence-corrected chi connectivity index (χ2v) is 5.08. The molecule has 0 atom stereocenters. The van der Waals surface area contributed by atoms with E-state index in [1.54, 1.807) is 7.11 Å². The molecule has 0 spiro atoms. The number of methoxy groups -OCH3 is 1. The topological polar surface area (TPSA) is 39.1 Å². The lowest BCUT2D eigenvalue weighted by Gasteiger charge is -2.34. The molecule has 19 heavy (non-hydrogen) atoms. The number of rotatable bonds is 5. The van der Waals surface area contributed by atoms with Gasteiger partial charge in [0, 0.05) is 19.3 Å². The average molecular weight is 257 g/mol. The zero-order valence-electron chi connectivity index (χ0n) is 11.1. The minimum Gasteiger partial charge on any atom is -0.381 e. The summed E-state index contributed by atoms with van der Waals surface area (Å²) >= 11 is 0. The first kappa shape index (κ1) is 12.2. The van der Waals surface area contributed by atoms with Crippen molar-refractivity contribution in [1.29, 1.82) is 0 Å². The summed E-state index contributed by atoms with van der Waals surface area (Å²) in [6, 6.07) is 10.9. The highest BCUT2D eigenvalue weighted by Crippen LogP contribution is 2.26. The fraction of sp³-hybridized carbons (Fsp3) is 0.400. The van der Waals surface area contributed by atoms with E-state index in [0.29, 0.717) is 12.1 Å². The molecular weight excluding hydrogens is 238 g/mol. The van der Waals surface area contributed by atoms with Crippen molar-refractivity contribution in [3.05, 3.63) is 48.3 Å². The molecule has 0 radical (unpaired) electrons.